The topological polar surface area (TPSA) is 89.3 Å². The van der Waals surface area contributed by atoms with Gasteiger partial charge < -0.3 is 4.55 Å². The number of benzene rings is 1. The van der Waals surface area contributed by atoms with E-state index in [-0.39, 0.29) is 5.91 Å². The van der Waals surface area contributed by atoms with Gasteiger partial charge in [-0.15, -0.1) is 0 Å². The standard InChI is InChI=1S/C16H10N4O2S/c1-10-15(12-4-2-11(8-17)3-5-12)16(21)20(19-10)14-7-6-13(23-22)9-18-14/h2-7,9H,1H3/p+1. The number of carbonyl (C=O) groups is 1. The minimum absolute atomic E-state index is 0.274. The Morgan fingerprint density at radius 2 is 1.96 bits per heavy atom. The molecule has 1 aliphatic heterocycles. The molecular formula is C16H11N4O2S+. The van der Waals surface area contributed by atoms with Crippen LogP contribution in [0.25, 0.3) is 5.57 Å². The predicted molar refractivity (Wildman–Crippen MR) is 83.8 cm³/mol. The zero-order chi connectivity index (χ0) is 16.4. The first kappa shape index (κ1) is 15.1. The molecule has 1 aromatic carbocycles. The van der Waals surface area contributed by atoms with Crippen molar-refractivity contribution in [2.45, 2.75) is 11.8 Å². The molecule has 0 fully saturated rings. The van der Waals surface area contributed by atoms with Gasteiger partial charge in [0.05, 0.1) is 27.8 Å². The maximum atomic E-state index is 12.6. The van der Waals surface area contributed by atoms with Gasteiger partial charge in [-0.1, -0.05) is 21.9 Å². The third-order valence-electron chi connectivity index (χ3n) is 3.36. The van der Waals surface area contributed by atoms with E-state index < -0.39 is 0 Å². The van der Waals surface area contributed by atoms with Crippen molar-refractivity contribution in [2.24, 2.45) is 5.11 Å². The lowest BCUT2D eigenvalue weighted by Gasteiger charge is -2.00. The van der Waals surface area contributed by atoms with Crippen molar-refractivity contribution in [1.29, 1.82) is 5.26 Å². The lowest BCUT2D eigenvalue weighted by Crippen LogP contribution is -2.12. The van der Waals surface area contributed by atoms with Crippen molar-refractivity contribution in [2.75, 3.05) is 0 Å². The number of nitriles is 1. The Balaban J connectivity index is 1.93. The minimum Gasteiger partial charge on any atom is -0.325 e. The number of hydrogen-bond donors (Lipinski definition) is 1. The first-order valence-electron chi connectivity index (χ1n) is 6.69. The highest BCUT2D eigenvalue weighted by Gasteiger charge is 2.33. The first-order chi connectivity index (χ1) is 11.1. The van der Waals surface area contributed by atoms with E-state index in [9.17, 15) is 4.79 Å². The molecule has 6 nitrogen and oxygen atoms in total. The summed E-state index contributed by atoms with van der Waals surface area (Å²) in [6.07, 6.45) is 1.47. The van der Waals surface area contributed by atoms with Gasteiger partial charge in [0.1, 0.15) is 0 Å². The van der Waals surface area contributed by atoms with E-state index in [1.165, 1.54) is 10.9 Å². The molecule has 0 unspecified atom stereocenters. The molecule has 112 valence electrons. The molecule has 0 radical (unpaired) electrons. The molecular weight excluding hydrogens is 312 g/mol. The molecule has 1 aliphatic rings. The van der Waals surface area contributed by atoms with Crippen LogP contribution < -0.4 is 0 Å². The van der Waals surface area contributed by atoms with E-state index in [0.29, 0.717) is 45.2 Å². The van der Waals surface area contributed by atoms with Crippen molar-refractivity contribution in [3.63, 3.8) is 0 Å². The number of pyridine rings is 1. The van der Waals surface area contributed by atoms with E-state index >= 15 is 0 Å². The molecule has 23 heavy (non-hydrogen) atoms. The van der Waals surface area contributed by atoms with Crippen LogP contribution in [0.2, 0.25) is 0 Å². The van der Waals surface area contributed by atoms with Crippen LogP contribution in [0, 0.1) is 11.3 Å². The van der Waals surface area contributed by atoms with Crippen molar-refractivity contribution >= 4 is 29.3 Å². The van der Waals surface area contributed by atoms with E-state index in [0.717, 1.165) is 0 Å². The van der Waals surface area contributed by atoms with Gasteiger partial charge >= 0.3 is 11.7 Å². The lowest BCUT2D eigenvalue weighted by molar-refractivity contribution is -0.424. The van der Waals surface area contributed by atoms with Crippen LogP contribution in [0.5, 0.6) is 0 Å². The summed E-state index contributed by atoms with van der Waals surface area (Å²) in [6.45, 7) is 1.75. The Bertz CT molecular complexity index is 878. The molecule has 0 saturated heterocycles. The van der Waals surface area contributed by atoms with Crippen LogP contribution in [0.4, 0.5) is 5.82 Å². The molecule has 0 spiro atoms. The van der Waals surface area contributed by atoms with Crippen LogP contribution >= 0.6 is 12.0 Å². The predicted octanol–water partition coefficient (Wildman–Crippen LogP) is 3.59. The summed E-state index contributed by atoms with van der Waals surface area (Å²) in [5, 5.41) is 13.1. The smallest absolute Gasteiger partial charge is 0.325 e. The Morgan fingerprint density at radius 3 is 2.52 bits per heavy atom. The van der Waals surface area contributed by atoms with Crippen LogP contribution in [-0.4, -0.2) is 20.1 Å². The van der Waals surface area contributed by atoms with Crippen LogP contribution in [0.3, 0.4) is 0 Å². The number of azo groups is 2. The molecule has 1 aromatic heterocycles. The fourth-order valence-corrected chi connectivity index (χ4v) is 2.49. The number of hydrogen-bond acceptors (Lipinski definition) is 6. The number of nitrogens with zero attached hydrogens (tertiary/aromatic N) is 4. The first-order valence-corrected chi connectivity index (χ1v) is 7.46. The average molecular weight is 323 g/mol. The SMILES string of the molecule is CC1=C(c2ccc(C#N)cc2)C(=O)[N+](c2ccc(SO)cn2)=N1. The number of amides is 1. The molecule has 0 aliphatic carbocycles. The van der Waals surface area contributed by atoms with Gasteiger partial charge in [-0.25, -0.2) is 4.79 Å². The van der Waals surface area contributed by atoms with E-state index in [1.807, 2.05) is 6.07 Å². The van der Waals surface area contributed by atoms with Gasteiger partial charge in [-0.3, -0.25) is 0 Å². The third kappa shape index (κ3) is 2.77. The average Bonchev–Trinajstić information content (AvgIpc) is 2.89. The van der Waals surface area contributed by atoms with Crippen molar-refractivity contribution in [3.05, 3.63) is 59.4 Å². The second-order valence-corrected chi connectivity index (χ2v) is 5.46. The maximum absolute atomic E-state index is 12.6. The van der Waals surface area contributed by atoms with Crippen molar-refractivity contribution < 1.29 is 14.0 Å². The summed E-state index contributed by atoms with van der Waals surface area (Å²) in [4.78, 5) is 17.4. The molecule has 7 heteroatoms. The second kappa shape index (κ2) is 6.12. The van der Waals surface area contributed by atoms with Crippen molar-refractivity contribution in [3.8, 4) is 6.07 Å². The lowest BCUT2D eigenvalue weighted by atomic mass is 10.0. The summed E-state index contributed by atoms with van der Waals surface area (Å²) in [5.74, 6) is 0.111. The molecule has 2 aromatic rings. The summed E-state index contributed by atoms with van der Waals surface area (Å²) in [7, 11) is 0. The zero-order valence-electron chi connectivity index (χ0n) is 12.1. The van der Waals surface area contributed by atoms with Crippen LogP contribution in [0.1, 0.15) is 18.1 Å². The van der Waals surface area contributed by atoms with Gasteiger partial charge in [0.25, 0.3) is 0 Å². The highest BCUT2D eigenvalue weighted by Crippen LogP contribution is 2.30. The number of allylic oxidation sites excluding steroid dienone is 1. The minimum atomic E-state index is -0.274. The van der Waals surface area contributed by atoms with Crippen LogP contribution in [0.15, 0.2) is 58.3 Å². The van der Waals surface area contributed by atoms with Gasteiger partial charge in [-0.2, -0.15) is 5.26 Å². The molecule has 0 bridgehead atoms. The second-order valence-electron chi connectivity index (χ2n) is 4.81. The molecule has 0 atom stereocenters. The molecule has 2 heterocycles. The number of carbonyl (C=O) groups excluding carboxylic acids is 1. The highest BCUT2D eigenvalue weighted by atomic mass is 32.2. The highest BCUT2D eigenvalue weighted by molar-refractivity contribution is 7.93. The van der Waals surface area contributed by atoms with Crippen LogP contribution in [-0.2, 0) is 4.79 Å². The summed E-state index contributed by atoms with van der Waals surface area (Å²) >= 11 is 0.589. The fraction of sp³-hybridized carbons (Fsp3) is 0.0625. The van der Waals surface area contributed by atoms with Gasteiger partial charge in [0.2, 0.25) is 0 Å². The Kier molecular flexibility index (Phi) is 4.02. The monoisotopic (exact) mass is 323 g/mol. The summed E-state index contributed by atoms with van der Waals surface area (Å²) in [5.41, 5.74) is 2.31. The summed E-state index contributed by atoms with van der Waals surface area (Å²) in [6, 6.07) is 12.1. The molecule has 0 saturated carbocycles. The Morgan fingerprint density at radius 1 is 1.22 bits per heavy atom. The molecule has 1 N–H and O–H groups in total. The van der Waals surface area contributed by atoms with E-state index in [4.69, 9.17) is 9.81 Å². The third-order valence-corrected chi connectivity index (χ3v) is 3.82. The molecule has 3 rings (SSSR count). The number of rotatable bonds is 3. The van der Waals surface area contributed by atoms with Crippen molar-refractivity contribution in [1.82, 2.24) is 4.98 Å². The van der Waals surface area contributed by atoms with Gasteiger partial charge in [-0.05, 0) is 35.7 Å². The number of aromatic nitrogens is 1. The van der Waals surface area contributed by atoms with E-state index in [1.54, 1.807) is 43.3 Å². The zero-order valence-corrected chi connectivity index (χ0v) is 12.9. The Hall–Kier alpha value is -2.82. The van der Waals surface area contributed by atoms with Gasteiger partial charge in [0, 0.05) is 18.1 Å². The molecule has 1 amide bonds. The fourth-order valence-electron chi connectivity index (χ4n) is 2.26. The quantitative estimate of drug-likeness (QED) is 0.688. The van der Waals surface area contributed by atoms with Gasteiger partial charge in [0.15, 0.2) is 6.20 Å². The Labute approximate surface area is 136 Å². The van der Waals surface area contributed by atoms with E-state index in [2.05, 4.69) is 10.1 Å². The normalized spacial score (nSPS) is 14.0. The summed E-state index contributed by atoms with van der Waals surface area (Å²) < 4.78 is 10.2. The maximum Gasteiger partial charge on any atom is 0.369 e. The largest absolute Gasteiger partial charge is 0.369 e.